The number of carbonyl (C=O) groups is 1. The Hall–Kier alpha value is -1.42. The number of nitrogens with zero attached hydrogens (tertiary/aromatic N) is 1. The standard InChI is InChI=1S/C12H13NO2S/c1-3-15-12(14)7-9-4-5-11-10(6-9)13-8(2)16-11/h4-6H,3,7H2,1-2H3. The maximum Gasteiger partial charge on any atom is 0.310 e. The molecule has 0 saturated carbocycles. The molecule has 1 heterocycles. The van der Waals surface area contributed by atoms with Crippen LogP contribution in [0, 0.1) is 6.92 Å². The highest BCUT2D eigenvalue weighted by Gasteiger charge is 2.06. The van der Waals surface area contributed by atoms with E-state index in [1.165, 1.54) is 0 Å². The zero-order valence-corrected chi connectivity index (χ0v) is 10.1. The van der Waals surface area contributed by atoms with Gasteiger partial charge in [-0.25, -0.2) is 4.98 Å². The number of esters is 1. The minimum absolute atomic E-state index is 0.186. The number of carbonyl (C=O) groups excluding carboxylic acids is 1. The predicted molar refractivity (Wildman–Crippen MR) is 64.7 cm³/mol. The molecule has 0 N–H and O–H groups in total. The third-order valence-corrected chi connectivity index (χ3v) is 3.16. The summed E-state index contributed by atoms with van der Waals surface area (Å²) in [6, 6.07) is 5.92. The number of hydrogen-bond donors (Lipinski definition) is 0. The average Bonchev–Trinajstić information content (AvgIpc) is 2.57. The predicted octanol–water partition coefficient (Wildman–Crippen LogP) is 2.71. The van der Waals surface area contributed by atoms with Crippen LogP contribution >= 0.6 is 11.3 Å². The summed E-state index contributed by atoms with van der Waals surface area (Å²) in [6.07, 6.45) is 0.320. The molecule has 2 rings (SSSR count). The van der Waals surface area contributed by atoms with Gasteiger partial charge in [-0.3, -0.25) is 4.79 Å². The normalized spacial score (nSPS) is 10.6. The van der Waals surface area contributed by atoms with E-state index in [2.05, 4.69) is 4.98 Å². The molecule has 0 atom stereocenters. The van der Waals surface area contributed by atoms with Crippen LogP contribution in [0.25, 0.3) is 10.2 Å². The zero-order chi connectivity index (χ0) is 11.5. The molecule has 1 aromatic heterocycles. The van der Waals surface area contributed by atoms with E-state index in [0.29, 0.717) is 13.0 Å². The Morgan fingerprint density at radius 3 is 3.06 bits per heavy atom. The molecule has 16 heavy (non-hydrogen) atoms. The highest BCUT2D eigenvalue weighted by Crippen LogP contribution is 2.22. The molecule has 0 fully saturated rings. The third kappa shape index (κ3) is 2.39. The summed E-state index contributed by atoms with van der Waals surface area (Å²) < 4.78 is 6.06. The second kappa shape index (κ2) is 4.61. The Labute approximate surface area is 98.1 Å². The smallest absolute Gasteiger partial charge is 0.310 e. The van der Waals surface area contributed by atoms with Crippen LogP contribution in [0.1, 0.15) is 17.5 Å². The molecule has 0 spiro atoms. The molecule has 84 valence electrons. The quantitative estimate of drug-likeness (QED) is 0.768. The molecule has 0 amide bonds. The molecule has 4 heteroatoms. The van der Waals surface area contributed by atoms with E-state index in [1.807, 2.05) is 32.0 Å². The van der Waals surface area contributed by atoms with Crippen molar-refractivity contribution in [3.63, 3.8) is 0 Å². The molecule has 0 radical (unpaired) electrons. The van der Waals surface area contributed by atoms with Crippen molar-refractivity contribution in [3.05, 3.63) is 28.8 Å². The molecule has 0 unspecified atom stereocenters. The second-order valence-corrected chi connectivity index (χ2v) is 4.75. The van der Waals surface area contributed by atoms with E-state index >= 15 is 0 Å². The molecule has 0 aliphatic carbocycles. The number of hydrogen-bond acceptors (Lipinski definition) is 4. The van der Waals surface area contributed by atoms with Gasteiger partial charge in [0.2, 0.25) is 0 Å². The molecule has 3 nitrogen and oxygen atoms in total. The van der Waals surface area contributed by atoms with Crippen molar-refractivity contribution >= 4 is 27.5 Å². The number of fused-ring (bicyclic) bond motifs is 1. The Morgan fingerprint density at radius 1 is 1.50 bits per heavy atom. The van der Waals surface area contributed by atoms with Crippen LogP contribution in [0.5, 0.6) is 0 Å². The first kappa shape index (κ1) is 11.1. The topological polar surface area (TPSA) is 39.2 Å². The number of aromatic nitrogens is 1. The lowest BCUT2D eigenvalue weighted by Crippen LogP contribution is -2.07. The Morgan fingerprint density at radius 2 is 2.31 bits per heavy atom. The molecular formula is C12H13NO2S. The first-order chi connectivity index (χ1) is 7.69. The van der Waals surface area contributed by atoms with E-state index in [0.717, 1.165) is 20.8 Å². The van der Waals surface area contributed by atoms with E-state index in [9.17, 15) is 4.79 Å². The van der Waals surface area contributed by atoms with Gasteiger partial charge in [-0.15, -0.1) is 11.3 Å². The van der Waals surface area contributed by atoms with Crippen LogP contribution < -0.4 is 0 Å². The third-order valence-electron chi connectivity index (χ3n) is 2.21. The highest BCUT2D eigenvalue weighted by atomic mass is 32.1. The molecule has 0 aliphatic rings. The Kier molecular flexibility index (Phi) is 3.19. The van der Waals surface area contributed by atoms with Gasteiger partial charge in [0.05, 0.1) is 28.3 Å². The first-order valence-electron chi connectivity index (χ1n) is 5.20. The second-order valence-electron chi connectivity index (χ2n) is 3.52. The fourth-order valence-corrected chi connectivity index (χ4v) is 2.38. The van der Waals surface area contributed by atoms with E-state index in [4.69, 9.17) is 4.74 Å². The molecule has 1 aromatic carbocycles. The van der Waals surface area contributed by atoms with Crippen molar-refractivity contribution in [2.24, 2.45) is 0 Å². The lowest BCUT2D eigenvalue weighted by Gasteiger charge is -2.01. The Bertz CT molecular complexity index is 519. The largest absolute Gasteiger partial charge is 0.466 e. The maximum atomic E-state index is 11.3. The minimum atomic E-state index is -0.186. The summed E-state index contributed by atoms with van der Waals surface area (Å²) >= 11 is 1.66. The summed E-state index contributed by atoms with van der Waals surface area (Å²) in [4.78, 5) is 15.7. The summed E-state index contributed by atoms with van der Waals surface area (Å²) in [5.41, 5.74) is 1.92. The van der Waals surface area contributed by atoms with Gasteiger partial charge in [-0.05, 0) is 31.5 Å². The van der Waals surface area contributed by atoms with Gasteiger partial charge in [-0.2, -0.15) is 0 Å². The van der Waals surface area contributed by atoms with Crippen molar-refractivity contribution in [3.8, 4) is 0 Å². The van der Waals surface area contributed by atoms with Crippen LogP contribution in [0.15, 0.2) is 18.2 Å². The minimum Gasteiger partial charge on any atom is -0.466 e. The Balaban J connectivity index is 2.22. The zero-order valence-electron chi connectivity index (χ0n) is 9.32. The summed E-state index contributed by atoms with van der Waals surface area (Å²) in [5, 5.41) is 1.04. The fourth-order valence-electron chi connectivity index (χ4n) is 1.58. The number of aryl methyl sites for hydroxylation is 1. The molecule has 0 bridgehead atoms. The van der Waals surface area contributed by atoms with E-state index in [-0.39, 0.29) is 5.97 Å². The van der Waals surface area contributed by atoms with E-state index < -0.39 is 0 Å². The summed E-state index contributed by atoms with van der Waals surface area (Å²) in [7, 11) is 0. The van der Waals surface area contributed by atoms with Crippen LogP contribution in [-0.2, 0) is 16.0 Å². The fraction of sp³-hybridized carbons (Fsp3) is 0.333. The monoisotopic (exact) mass is 235 g/mol. The van der Waals surface area contributed by atoms with Crippen LogP contribution in [-0.4, -0.2) is 17.6 Å². The number of ether oxygens (including phenoxy) is 1. The van der Waals surface area contributed by atoms with Crippen molar-refractivity contribution in [2.45, 2.75) is 20.3 Å². The number of thiazole rings is 1. The highest BCUT2D eigenvalue weighted by molar-refractivity contribution is 7.18. The van der Waals surface area contributed by atoms with Gasteiger partial charge >= 0.3 is 5.97 Å². The molecule has 0 aliphatic heterocycles. The van der Waals surface area contributed by atoms with Gasteiger partial charge < -0.3 is 4.74 Å². The van der Waals surface area contributed by atoms with Gasteiger partial charge in [0, 0.05) is 0 Å². The summed E-state index contributed by atoms with van der Waals surface area (Å²) in [6.45, 7) is 4.22. The van der Waals surface area contributed by atoms with E-state index in [1.54, 1.807) is 11.3 Å². The molecule has 2 aromatic rings. The lowest BCUT2D eigenvalue weighted by atomic mass is 10.1. The van der Waals surface area contributed by atoms with Gasteiger partial charge in [0.15, 0.2) is 0 Å². The van der Waals surface area contributed by atoms with Gasteiger partial charge in [0.1, 0.15) is 0 Å². The number of benzene rings is 1. The SMILES string of the molecule is CCOC(=O)Cc1ccc2sc(C)nc2c1. The van der Waals surface area contributed by atoms with Crippen LogP contribution in [0.4, 0.5) is 0 Å². The van der Waals surface area contributed by atoms with Gasteiger partial charge in [-0.1, -0.05) is 6.07 Å². The lowest BCUT2D eigenvalue weighted by molar-refractivity contribution is -0.142. The molecule has 0 saturated heterocycles. The van der Waals surface area contributed by atoms with Crippen LogP contribution in [0.3, 0.4) is 0 Å². The summed E-state index contributed by atoms with van der Waals surface area (Å²) in [5.74, 6) is -0.186. The van der Waals surface area contributed by atoms with Crippen molar-refractivity contribution in [2.75, 3.05) is 6.61 Å². The molecular weight excluding hydrogens is 222 g/mol. The van der Waals surface area contributed by atoms with Crippen LogP contribution in [0.2, 0.25) is 0 Å². The van der Waals surface area contributed by atoms with Crippen molar-refractivity contribution < 1.29 is 9.53 Å². The average molecular weight is 235 g/mol. The number of rotatable bonds is 3. The first-order valence-corrected chi connectivity index (χ1v) is 6.02. The van der Waals surface area contributed by atoms with Gasteiger partial charge in [0.25, 0.3) is 0 Å². The van der Waals surface area contributed by atoms with Crippen molar-refractivity contribution in [1.82, 2.24) is 4.98 Å². The van der Waals surface area contributed by atoms with Crippen molar-refractivity contribution in [1.29, 1.82) is 0 Å². The maximum absolute atomic E-state index is 11.3.